The first-order valence-electron chi connectivity index (χ1n) is 10.2. The van der Waals surface area contributed by atoms with Crippen LogP contribution < -0.4 is 20.5 Å². The van der Waals surface area contributed by atoms with Crippen LogP contribution in [0.2, 0.25) is 0 Å². The Morgan fingerprint density at radius 2 is 1.74 bits per heavy atom. The van der Waals surface area contributed by atoms with E-state index in [9.17, 15) is 18.0 Å². The van der Waals surface area contributed by atoms with Crippen LogP contribution in [-0.4, -0.2) is 43.1 Å². The Balaban J connectivity index is 1.71. The van der Waals surface area contributed by atoms with Gasteiger partial charge in [0.1, 0.15) is 5.75 Å². The largest absolute Gasteiger partial charge is 0.492 e. The molecule has 0 saturated heterocycles. The average Bonchev–Trinajstić information content (AvgIpc) is 2.81. The highest BCUT2D eigenvalue weighted by Gasteiger charge is 2.24. The Hall–Kier alpha value is -3.87. The van der Waals surface area contributed by atoms with Crippen LogP contribution in [0.25, 0.3) is 0 Å². The number of esters is 2. The molecular weight excluding hydrogens is 462 g/mol. The quantitative estimate of drug-likeness (QED) is 0.220. The monoisotopic (exact) mass is 485 g/mol. The molecule has 4 N–H and O–H groups in total. The molecule has 3 rings (SSSR count). The second-order valence-electron chi connectivity index (χ2n) is 6.82. The van der Waals surface area contributed by atoms with Crippen LogP contribution >= 0.6 is 0 Å². The standard InChI is InChI=1S/C22H23N5O6S/c1-2-32-17-11-6-10-16(20(17)26-22-24-12-7-13-25-22)21(29)33-19(28)14-18(23)27-34(30,31)15-8-4-3-5-9-15/h3-13,18,27H,2,14,23H2,1H3,(H,24,25,26). The molecule has 0 bridgehead atoms. The third-order valence-electron chi connectivity index (χ3n) is 4.30. The number of rotatable bonds is 10. The van der Waals surface area contributed by atoms with Crippen molar-refractivity contribution < 1.29 is 27.5 Å². The highest BCUT2D eigenvalue weighted by Crippen LogP contribution is 2.31. The summed E-state index contributed by atoms with van der Waals surface area (Å²) in [5.41, 5.74) is 5.96. The molecule has 0 amide bonds. The number of ether oxygens (including phenoxy) is 2. The summed E-state index contributed by atoms with van der Waals surface area (Å²) in [5.74, 6) is -1.48. The normalized spacial score (nSPS) is 11.9. The smallest absolute Gasteiger partial charge is 0.348 e. The van der Waals surface area contributed by atoms with Crippen LogP contribution in [0, 0.1) is 0 Å². The zero-order valence-corrected chi connectivity index (χ0v) is 19.0. The fourth-order valence-electron chi connectivity index (χ4n) is 2.87. The van der Waals surface area contributed by atoms with Gasteiger partial charge in [0.2, 0.25) is 16.0 Å². The minimum absolute atomic E-state index is 0.00908. The van der Waals surface area contributed by atoms with Crippen LogP contribution in [0.4, 0.5) is 11.6 Å². The fraction of sp³-hybridized carbons (Fsp3) is 0.182. The molecule has 0 aliphatic rings. The van der Waals surface area contributed by atoms with Crippen LogP contribution in [0.5, 0.6) is 5.75 Å². The molecule has 1 unspecified atom stereocenters. The fourth-order valence-corrected chi connectivity index (χ4v) is 4.00. The zero-order valence-electron chi connectivity index (χ0n) is 18.2. The molecule has 0 saturated carbocycles. The Morgan fingerprint density at radius 1 is 1.03 bits per heavy atom. The Bertz CT molecular complexity index is 1240. The van der Waals surface area contributed by atoms with Gasteiger partial charge in [-0.05, 0) is 37.3 Å². The lowest BCUT2D eigenvalue weighted by Gasteiger charge is -2.16. The Morgan fingerprint density at radius 3 is 2.41 bits per heavy atom. The first kappa shape index (κ1) is 24.8. The number of sulfonamides is 1. The van der Waals surface area contributed by atoms with Crippen molar-refractivity contribution in [2.45, 2.75) is 24.4 Å². The third kappa shape index (κ3) is 6.57. The van der Waals surface area contributed by atoms with E-state index in [4.69, 9.17) is 15.2 Å². The SMILES string of the molecule is CCOc1cccc(C(=O)OC(=O)CC(N)NS(=O)(=O)c2ccccc2)c1Nc1ncccn1. The van der Waals surface area contributed by atoms with Gasteiger partial charge in [0, 0.05) is 12.4 Å². The molecule has 178 valence electrons. The van der Waals surface area contributed by atoms with Crippen LogP contribution in [0.15, 0.2) is 71.9 Å². The molecule has 0 spiro atoms. The molecule has 3 aromatic rings. The van der Waals surface area contributed by atoms with Gasteiger partial charge in [0.15, 0.2) is 0 Å². The van der Waals surface area contributed by atoms with E-state index in [1.807, 2.05) is 0 Å². The molecule has 0 radical (unpaired) electrons. The summed E-state index contributed by atoms with van der Waals surface area (Å²) < 4.78 is 37.3. The number of anilines is 2. The van der Waals surface area contributed by atoms with Gasteiger partial charge < -0.3 is 20.5 Å². The summed E-state index contributed by atoms with van der Waals surface area (Å²) in [6.45, 7) is 2.09. The van der Waals surface area contributed by atoms with Gasteiger partial charge in [0.05, 0.1) is 35.3 Å². The van der Waals surface area contributed by atoms with Crippen molar-refractivity contribution >= 4 is 33.6 Å². The lowest BCUT2D eigenvalue weighted by Crippen LogP contribution is -2.43. The predicted molar refractivity (Wildman–Crippen MR) is 123 cm³/mol. The molecule has 12 heteroatoms. The summed E-state index contributed by atoms with van der Waals surface area (Å²) in [6.07, 6.45) is 1.14. The van der Waals surface area contributed by atoms with E-state index in [0.717, 1.165) is 0 Å². The molecule has 1 heterocycles. The number of carbonyl (C=O) groups is 2. The van der Waals surface area contributed by atoms with Gasteiger partial charge in [-0.15, -0.1) is 0 Å². The highest BCUT2D eigenvalue weighted by atomic mass is 32.2. The van der Waals surface area contributed by atoms with Crippen molar-refractivity contribution in [1.82, 2.24) is 14.7 Å². The van der Waals surface area contributed by atoms with Crippen LogP contribution in [0.1, 0.15) is 23.7 Å². The Kier molecular flexibility index (Phi) is 8.24. The second kappa shape index (κ2) is 11.3. The van der Waals surface area contributed by atoms with E-state index >= 15 is 0 Å². The van der Waals surface area contributed by atoms with Crippen LogP contribution in [-0.2, 0) is 19.6 Å². The molecule has 11 nitrogen and oxygen atoms in total. The maximum absolute atomic E-state index is 12.8. The maximum atomic E-state index is 12.8. The number of carbonyl (C=O) groups excluding carboxylic acids is 2. The van der Waals surface area contributed by atoms with Gasteiger partial charge in [-0.2, -0.15) is 4.72 Å². The first-order valence-corrected chi connectivity index (χ1v) is 11.7. The molecular formula is C22H23N5O6S. The topological polar surface area (TPSA) is 163 Å². The van der Waals surface area contributed by atoms with E-state index in [2.05, 4.69) is 20.0 Å². The van der Waals surface area contributed by atoms with E-state index in [0.29, 0.717) is 12.4 Å². The van der Waals surface area contributed by atoms with Crippen molar-refractivity contribution in [3.8, 4) is 5.75 Å². The van der Waals surface area contributed by atoms with E-state index < -0.39 is 34.5 Å². The van der Waals surface area contributed by atoms with Crippen molar-refractivity contribution in [3.63, 3.8) is 0 Å². The molecule has 1 atom stereocenters. The number of hydrogen-bond donors (Lipinski definition) is 3. The zero-order chi connectivity index (χ0) is 24.6. The minimum Gasteiger partial charge on any atom is -0.492 e. The van der Waals surface area contributed by atoms with Gasteiger partial charge in [-0.25, -0.2) is 23.2 Å². The van der Waals surface area contributed by atoms with Gasteiger partial charge in [0.25, 0.3) is 0 Å². The minimum atomic E-state index is -3.95. The number of aromatic nitrogens is 2. The summed E-state index contributed by atoms with van der Waals surface area (Å²) in [6, 6.07) is 13.8. The number of para-hydroxylation sites is 1. The molecule has 1 aromatic heterocycles. The maximum Gasteiger partial charge on any atom is 0.348 e. The number of nitrogens with one attached hydrogen (secondary N) is 2. The van der Waals surface area contributed by atoms with Gasteiger partial charge in [-0.1, -0.05) is 24.3 Å². The highest BCUT2D eigenvalue weighted by molar-refractivity contribution is 7.89. The van der Waals surface area contributed by atoms with Gasteiger partial charge in [-0.3, -0.25) is 4.79 Å². The molecule has 0 aliphatic carbocycles. The number of nitrogens with two attached hydrogens (primary N) is 1. The Labute approximate surface area is 196 Å². The summed E-state index contributed by atoms with van der Waals surface area (Å²) in [7, 11) is -3.95. The summed E-state index contributed by atoms with van der Waals surface area (Å²) in [5, 5.41) is 2.89. The molecule has 2 aromatic carbocycles. The average molecular weight is 486 g/mol. The molecule has 34 heavy (non-hydrogen) atoms. The molecule has 0 aliphatic heterocycles. The third-order valence-corrected chi connectivity index (χ3v) is 5.81. The number of nitrogens with zero attached hydrogens (tertiary/aromatic N) is 2. The van der Waals surface area contributed by atoms with Crippen molar-refractivity contribution in [1.29, 1.82) is 0 Å². The van der Waals surface area contributed by atoms with E-state index in [1.54, 1.807) is 43.3 Å². The number of hydrogen-bond acceptors (Lipinski definition) is 10. The summed E-state index contributed by atoms with van der Waals surface area (Å²) in [4.78, 5) is 33.2. The second-order valence-corrected chi connectivity index (χ2v) is 8.53. The van der Waals surface area contributed by atoms with Crippen LogP contribution in [0.3, 0.4) is 0 Å². The molecule has 0 fully saturated rings. The van der Waals surface area contributed by atoms with Crippen molar-refractivity contribution in [3.05, 3.63) is 72.6 Å². The first-order chi connectivity index (χ1) is 16.3. The lowest BCUT2D eigenvalue weighted by atomic mass is 10.1. The van der Waals surface area contributed by atoms with Gasteiger partial charge >= 0.3 is 11.9 Å². The summed E-state index contributed by atoms with van der Waals surface area (Å²) >= 11 is 0. The van der Waals surface area contributed by atoms with Crippen molar-refractivity contribution in [2.75, 3.05) is 11.9 Å². The van der Waals surface area contributed by atoms with E-state index in [1.165, 1.54) is 30.6 Å². The predicted octanol–water partition coefficient (Wildman–Crippen LogP) is 1.96. The van der Waals surface area contributed by atoms with E-state index in [-0.39, 0.29) is 22.1 Å². The van der Waals surface area contributed by atoms with Crippen molar-refractivity contribution in [2.24, 2.45) is 5.73 Å². The lowest BCUT2D eigenvalue weighted by molar-refractivity contribution is -0.138. The number of benzene rings is 2.